The molecule has 2 aromatic rings. The maximum atomic E-state index is 12.1. The van der Waals surface area contributed by atoms with Crippen LogP contribution in [0.25, 0.3) is 0 Å². The first-order valence-corrected chi connectivity index (χ1v) is 7.41. The number of carbonyl (C=O) groups is 1. The summed E-state index contributed by atoms with van der Waals surface area (Å²) >= 11 is 4.93. The minimum Gasteiger partial charge on any atom is -0.293 e. The van der Waals surface area contributed by atoms with Gasteiger partial charge in [-0.25, -0.2) is 0 Å². The molecule has 0 aliphatic heterocycles. The zero-order valence-electron chi connectivity index (χ0n) is 10.6. The molecule has 0 N–H and O–H groups in total. The Morgan fingerprint density at radius 3 is 2.78 bits per heavy atom. The van der Waals surface area contributed by atoms with E-state index in [9.17, 15) is 4.79 Å². The predicted octanol–water partition coefficient (Wildman–Crippen LogP) is 4.02. The van der Waals surface area contributed by atoms with Crippen LogP contribution < -0.4 is 0 Å². The van der Waals surface area contributed by atoms with Gasteiger partial charge in [0.15, 0.2) is 5.78 Å². The minimum absolute atomic E-state index is 0.128. The standard InChI is InChI=1S/C13H15BrN2OS/c1-8(2)16-5-4-10(15-16)7-11(17)12-6-9(3)13(14)18-12/h4-6,8H,7H2,1-3H3. The lowest BCUT2D eigenvalue weighted by Crippen LogP contribution is -2.05. The van der Waals surface area contributed by atoms with Crippen LogP contribution in [0.4, 0.5) is 0 Å². The quantitative estimate of drug-likeness (QED) is 0.795. The third-order valence-electron chi connectivity index (χ3n) is 2.67. The van der Waals surface area contributed by atoms with Gasteiger partial charge < -0.3 is 0 Å². The second kappa shape index (κ2) is 5.36. The fraction of sp³-hybridized carbons (Fsp3) is 0.385. The molecule has 96 valence electrons. The smallest absolute Gasteiger partial charge is 0.178 e. The van der Waals surface area contributed by atoms with E-state index in [1.54, 1.807) is 0 Å². The Bertz CT molecular complexity index is 552. The zero-order valence-corrected chi connectivity index (χ0v) is 13.0. The van der Waals surface area contributed by atoms with Gasteiger partial charge in [-0.1, -0.05) is 0 Å². The van der Waals surface area contributed by atoms with E-state index in [2.05, 4.69) is 34.9 Å². The van der Waals surface area contributed by atoms with Crippen LogP contribution in [0.15, 0.2) is 22.1 Å². The first-order valence-electron chi connectivity index (χ1n) is 5.80. The number of aryl methyl sites for hydroxylation is 1. The summed E-state index contributed by atoms with van der Waals surface area (Å²) in [5, 5.41) is 4.39. The fourth-order valence-corrected chi connectivity index (χ4v) is 3.08. The number of hydrogen-bond acceptors (Lipinski definition) is 3. The third-order valence-corrected chi connectivity index (χ3v) is 4.84. The van der Waals surface area contributed by atoms with Gasteiger partial charge in [0.1, 0.15) is 0 Å². The van der Waals surface area contributed by atoms with Crippen molar-refractivity contribution in [2.45, 2.75) is 33.2 Å². The van der Waals surface area contributed by atoms with Crippen LogP contribution in [0.5, 0.6) is 0 Å². The van der Waals surface area contributed by atoms with Crippen LogP contribution >= 0.6 is 27.3 Å². The summed E-state index contributed by atoms with van der Waals surface area (Å²) < 4.78 is 2.90. The van der Waals surface area contributed by atoms with Crippen LogP contribution in [-0.4, -0.2) is 15.6 Å². The van der Waals surface area contributed by atoms with Crippen molar-refractivity contribution in [1.29, 1.82) is 0 Å². The SMILES string of the molecule is Cc1cc(C(=O)Cc2ccn(C(C)C)n2)sc1Br. The van der Waals surface area contributed by atoms with Gasteiger partial charge in [0.25, 0.3) is 0 Å². The van der Waals surface area contributed by atoms with E-state index in [0.29, 0.717) is 12.5 Å². The molecule has 0 bridgehead atoms. The highest BCUT2D eigenvalue weighted by Crippen LogP contribution is 2.28. The van der Waals surface area contributed by atoms with Crippen molar-refractivity contribution in [3.8, 4) is 0 Å². The number of carbonyl (C=O) groups excluding carboxylic acids is 1. The van der Waals surface area contributed by atoms with E-state index in [-0.39, 0.29) is 5.78 Å². The van der Waals surface area contributed by atoms with Gasteiger partial charge in [-0.2, -0.15) is 5.10 Å². The summed E-state index contributed by atoms with van der Waals surface area (Å²) in [6, 6.07) is 4.16. The van der Waals surface area contributed by atoms with Crippen molar-refractivity contribution in [2.75, 3.05) is 0 Å². The van der Waals surface area contributed by atoms with Crippen LogP contribution in [0.2, 0.25) is 0 Å². The Morgan fingerprint density at radius 1 is 1.56 bits per heavy atom. The number of thiophene rings is 1. The largest absolute Gasteiger partial charge is 0.293 e. The Kier molecular flexibility index (Phi) is 4.02. The van der Waals surface area contributed by atoms with Crippen molar-refractivity contribution in [3.63, 3.8) is 0 Å². The van der Waals surface area contributed by atoms with Crippen molar-refractivity contribution < 1.29 is 4.79 Å². The van der Waals surface area contributed by atoms with Gasteiger partial charge in [0, 0.05) is 12.2 Å². The summed E-state index contributed by atoms with van der Waals surface area (Å²) in [6.07, 6.45) is 2.29. The maximum absolute atomic E-state index is 12.1. The van der Waals surface area contributed by atoms with E-state index in [0.717, 1.165) is 19.9 Å². The van der Waals surface area contributed by atoms with E-state index in [4.69, 9.17) is 0 Å². The lowest BCUT2D eigenvalue weighted by Gasteiger charge is -2.03. The molecule has 0 unspecified atom stereocenters. The fourth-order valence-electron chi connectivity index (χ4n) is 1.61. The third kappa shape index (κ3) is 2.90. The topological polar surface area (TPSA) is 34.9 Å². The van der Waals surface area contributed by atoms with Gasteiger partial charge in [-0.3, -0.25) is 9.48 Å². The molecule has 0 spiro atoms. The normalized spacial score (nSPS) is 11.2. The molecule has 18 heavy (non-hydrogen) atoms. The predicted molar refractivity (Wildman–Crippen MR) is 77.4 cm³/mol. The Hall–Kier alpha value is -0.940. The zero-order chi connectivity index (χ0) is 13.3. The van der Waals surface area contributed by atoms with Crippen molar-refractivity contribution in [3.05, 3.63) is 38.3 Å². The number of nitrogens with zero attached hydrogens (tertiary/aromatic N) is 2. The lowest BCUT2D eigenvalue weighted by molar-refractivity contribution is 0.0995. The first kappa shape index (κ1) is 13.5. The number of Topliss-reactive ketones (excluding diaryl/α,β-unsaturated/α-hetero) is 1. The molecule has 0 atom stereocenters. The second-order valence-corrected chi connectivity index (χ2v) is 6.92. The number of halogens is 1. The van der Waals surface area contributed by atoms with E-state index < -0.39 is 0 Å². The van der Waals surface area contributed by atoms with Gasteiger partial charge >= 0.3 is 0 Å². The van der Waals surface area contributed by atoms with Crippen molar-refractivity contribution in [1.82, 2.24) is 9.78 Å². The van der Waals surface area contributed by atoms with Crippen molar-refractivity contribution >= 4 is 33.0 Å². The van der Waals surface area contributed by atoms with E-state index in [1.165, 1.54) is 11.3 Å². The summed E-state index contributed by atoms with van der Waals surface area (Å²) in [6.45, 7) is 6.13. The number of ketones is 1. The number of hydrogen-bond donors (Lipinski definition) is 0. The van der Waals surface area contributed by atoms with Crippen molar-refractivity contribution in [2.24, 2.45) is 0 Å². The Balaban J connectivity index is 2.11. The molecule has 0 saturated carbocycles. The average molecular weight is 327 g/mol. The van der Waals surface area contributed by atoms with Gasteiger partial charge in [-0.15, -0.1) is 11.3 Å². The molecule has 0 fully saturated rings. The summed E-state index contributed by atoms with van der Waals surface area (Å²) in [5.41, 5.74) is 1.94. The minimum atomic E-state index is 0.128. The number of aromatic nitrogens is 2. The Labute approximate surface area is 119 Å². The first-order chi connectivity index (χ1) is 8.47. The maximum Gasteiger partial charge on any atom is 0.178 e. The molecule has 2 aromatic heterocycles. The molecule has 0 aliphatic carbocycles. The monoisotopic (exact) mass is 326 g/mol. The molecular weight excluding hydrogens is 312 g/mol. The number of rotatable bonds is 4. The van der Waals surface area contributed by atoms with Crippen LogP contribution in [-0.2, 0) is 6.42 Å². The Morgan fingerprint density at radius 2 is 2.28 bits per heavy atom. The van der Waals surface area contributed by atoms with Crippen LogP contribution in [0.1, 0.15) is 40.8 Å². The molecule has 0 saturated heterocycles. The van der Waals surface area contributed by atoms with Crippen LogP contribution in [0.3, 0.4) is 0 Å². The molecule has 2 heterocycles. The molecule has 2 rings (SSSR count). The molecule has 5 heteroatoms. The van der Waals surface area contributed by atoms with E-state index >= 15 is 0 Å². The molecule has 0 amide bonds. The molecule has 0 radical (unpaired) electrons. The molecular formula is C13H15BrN2OS. The average Bonchev–Trinajstić information content (AvgIpc) is 2.87. The second-order valence-electron chi connectivity index (χ2n) is 4.55. The lowest BCUT2D eigenvalue weighted by atomic mass is 10.2. The highest BCUT2D eigenvalue weighted by atomic mass is 79.9. The van der Waals surface area contributed by atoms with Gasteiger partial charge in [0.2, 0.25) is 0 Å². The molecule has 0 aromatic carbocycles. The van der Waals surface area contributed by atoms with Crippen LogP contribution in [0, 0.1) is 6.92 Å². The van der Waals surface area contributed by atoms with E-state index in [1.807, 2.05) is 29.9 Å². The highest BCUT2D eigenvalue weighted by molar-refractivity contribution is 9.11. The summed E-state index contributed by atoms with van der Waals surface area (Å²) in [7, 11) is 0. The summed E-state index contributed by atoms with van der Waals surface area (Å²) in [4.78, 5) is 12.9. The highest BCUT2D eigenvalue weighted by Gasteiger charge is 2.13. The van der Waals surface area contributed by atoms with Gasteiger partial charge in [-0.05, 0) is 54.4 Å². The molecule has 3 nitrogen and oxygen atoms in total. The molecule has 0 aliphatic rings. The van der Waals surface area contributed by atoms with Gasteiger partial charge in [0.05, 0.1) is 20.8 Å². The summed E-state index contributed by atoms with van der Waals surface area (Å²) in [5.74, 6) is 0.128.